The van der Waals surface area contributed by atoms with Gasteiger partial charge in [0.25, 0.3) is 0 Å². The number of hydrogen-bond acceptors (Lipinski definition) is 5. The van der Waals surface area contributed by atoms with Gasteiger partial charge in [0.05, 0.1) is 12.2 Å². The number of aromatic nitrogens is 3. The number of hydrogen-bond donors (Lipinski definition) is 1. The van der Waals surface area contributed by atoms with Crippen molar-refractivity contribution in [2.24, 2.45) is 0 Å². The fraction of sp³-hybridized carbons (Fsp3) is 0.500. The predicted octanol–water partition coefficient (Wildman–Crippen LogP) is 2.88. The minimum atomic E-state index is 0.405. The first kappa shape index (κ1) is 13.6. The molecule has 1 saturated carbocycles. The van der Waals surface area contributed by atoms with Crippen LogP contribution in [0.1, 0.15) is 43.3 Å². The van der Waals surface area contributed by atoms with Crippen LogP contribution >= 0.6 is 0 Å². The normalized spacial score (nSPS) is 19.3. The molecule has 0 unspecified atom stereocenters. The Morgan fingerprint density at radius 1 is 1.23 bits per heavy atom. The molecule has 0 spiro atoms. The molecular formula is C16H20N4O2. The van der Waals surface area contributed by atoms with E-state index < -0.39 is 0 Å². The van der Waals surface area contributed by atoms with Crippen molar-refractivity contribution in [3.05, 3.63) is 30.2 Å². The van der Waals surface area contributed by atoms with Gasteiger partial charge in [-0.1, -0.05) is 0 Å². The maximum absolute atomic E-state index is 6.06. The van der Waals surface area contributed by atoms with Gasteiger partial charge < -0.3 is 15.2 Å². The van der Waals surface area contributed by atoms with E-state index in [1.54, 1.807) is 12.3 Å². The molecule has 116 valence electrons. The number of nitrogen functional groups attached to an aromatic ring is 1. The lowest BCUT2D eigenvalue weighted by Gasteiger charge is -2.21. The van der Waals surface area contributed by atoms with E-state index in [2.05, 4.69) is 9.67 Å². The third kappa shape index (κ3) is 2.78. The van der Waals surface area contributed by atoms with Gasteiger partial charge in [0, 0.05) is 31.4 Å². The van der Waals surface area contributed by atoms with E-state index in [4.69, 9.17) is 20.3 Å². The summed E-state index contributed by atoms with van der Waals surface area (Å²) in [7, 11) is 0. The SMILES string of the molecule is Nc1cc(Oc2cn(C3CC3)nc2C2CCOCC2)ccn1. The summed E-state index contributed by atoms with van der Waals surface area (Å²) in [6.07, 6.45) is 8.09. The lowest BCUT2D eigenvalue weighted by molar-refractivity contribution is 0.0839. The Kier molecular flexibility index (Phi) is 3.46. The molecule has 0 aromatic carbocycles. The quantitative estimate of drug-likeness (QED) is 0.939. The first-order valence-corrected chi connectivity index (χ1v) is 7.86. The third-order valence-corrected chi connectivity index (χ3v) is 4.23. The lowest BCUT2D eigenvalue weighted by Crippen LogP contribution is -2.15. The van der Waals surface area contributed by atoms with Gasteiger partial charge >= 0.3 is 0 Å². The number of nitrogens with two attached hydrogens (primary N) is 1. The zero-order chi connectivity index (χ0) is 14.9. The molecule has 0 amide bonds. The van der Waals surface area contributed by atoms with Crippen molar-refractivity contribution < 1.29 is 9.47 Å². The molecule has 2 aromatic heterocycles. The average molecular weight is 300 g/mol. The van der Waals surface area contributed by atoms with Gasteiger partial charge in [-0.15, -0.1) is 0 Å². The van der Waals surface area contributed by atoms with Crippen molar-refractivity contribution in [2.75, 3.05) is 18.9 Å². The zero-order valence-corrected chi connectivity index (χ0v) is 12.4. The van der Waals surface area contributed by atoms with Crippen LogP contribution in [0.3, 0.4) is 0 Å². The van der Waals surface area contributed by atoms with Gasteiger partial charge in [-0.25, -0.2) is 4.98 Å². The number of rotatable bonds is 4. The average Bonchev–Trinajstić information content (AvgIpc) is 3.30. The number of anilines is 1. The molecule has 22 heavy (non-hydrogen) atoms. The van der Waals surface area contributed by atoms with Crippen molar-refractivity contribution in [3.63, 3.8) is 0 Å². The molecule has 2 N–H and O–H groups in total. The summed E-state index contributed by atoms with van der Waals surface area (Å²) < 4.78 is 13.6. The molecule has 1 saturated heterocycles. The molecule has 1 aliphatic carbocycles. The van der Waals surface area contributed by atoms with Crippen molar-refractivity contribution in [1.82, 2.24) is 14.8 Å². The van der Waals surface area contributed by atoms with Crippen LogP contribution in [0.4, 0.5) is 5.82 Å². The van der Waals surface area contributed by atoms with E-state index in [0.717, 1.165) is 37.5 Å². The Morgan fingerprint density at radius 3 is 2.77 bits per heavy atom. The second-order valence-corrected chi connectivity index (χ2v) is 5.99. The van der Waals surface area contributed by atoms with E-state index in [0.29, 0.717) is 23.5 Å². The van der Waals surface area contributed by atoms with Crippen molar-refractivity contribution in [3.8, 4) is 11.5 Å². The highest BCUT2D eigenvalue weighted by Crippen LogP contribution is 2.40. The van der Waals surface area contributed by atoms with Crippen LogP contribution in [0.2, 0.25) is 0 Å². The molecule has 0 bridgehead atoms. The van der Waals surface area contributed by atoms with Crippen molar-refractivity contribution in [2.45, 2.75) is 37.6 Å². The molecule has 4 rings (SSSR count). The van der Waals surface area contributed by atoms with E-state index in [9.17, 15) is 0 Å². The Labute approximate surface area is 129 Å². The Morgan fingerprint density at radius 2 is 2.05 bits per heavy atom. The van der Waals surface area contributed by atoms with Crippen LogP contribution in [0, 0.1) is 0 Å². The minimum absolute atomic E-state index is 0.405. The van der Waals surface area contributed by atoms with Gasteiger partial charge in [0.1, 0.15) is 17.3 Å². The molecule has 1 aliphatic heterocycles. The van der Waals surface area contributed by atoms with Crippen LogP contribution in [0.15, 0.2) is 24.5 Å². The number of nitrogens with zero attached hydrogens (tertiary/aromatic N) is 3. The predicted molar refractivity (Wildman–Crippen MR) is 82.0 cm³/mol. The van der Waals surface area contributed by atoms with Gasteiger partial charge in [0.15, 0.2) is 5.75 Å². The maximum atomic E-state index is 6.06. The summed E-state index contributed by atoms with van der Waals surface area (Å²) in [4.78, 5) is 4.00. The highest BCUT2D eigenvalue weighted by Gasteiger charge is 2.29. The van der Waals surface area contributed by atoms with Gasteiger partial charge in [-0.05, 0) is 31.7 Å². The second kappa shape index (κ2) is 5.61. The van der Waals surface area contributed by atoms with E-state index >= 15 is 0 Å². The van der Waals surface area contributed by atoms with Crippen molar-refractivity contribution in [1.29, 1.82) is 0 Å². The van der Waals surface area contributed by atoms with Gasteiger partial charge in [0.2, 0.25) is 0 Å². The largest absolute Gasteiger partial charge is 0.454 e. The van der Waals surface area contributed by atoms with Crippen LogP contribution in [0.5, 0.6) is 11.5 Å². The highest BCUT2D eigenvalue weighted by molar-refractivity contribution is 5.40. The molecule has 6 nitrogen and oxygen atoms in total. The molecule has 6 heteroatoms. The van der Waals surface area contributed by atoms with Crippen LogP contribution in [-0.2, 0) is 4.74 Å². The summed E-state index contributed by atoms with van der Waals surface area (Å²) in [6, 6.07) is 4.10. The van der Waals surface area contributed by atoms with Crippen LogP contribution in [-0.4, -0.2) is 28.0 Å². The Bertz CT molecular complexity index is 660. The zero-order valence-electron chi connectivity index (χ0n) is 12.4. The highest BCUT2D eigenvalue weighted by atomic mass is 16.5. The van der Waals surface area contributed by atoms with Crippen LogP contribution in [0.25, 0.3) is 0 Å². The summed E-state index contributed by atoms with van der Waals surface area (Å²) in [5, 5.41) is 4.80. The molecule has 3 heterocycles. The summed E-state index contributed by atoms with van der Waals surface area (Å²) in [5.41, 5.74) is 6.77. The molecule has 2 aromatic rings. The van der Waals surface area contributed by atoms with Crippen LogP contribution < -0.4 is 10.5 Å². The van der Waals surface area contributed by atoms with Gasteiger partial charge in [-0.3, -0.25) is 4.68 Å². The Hall–Kier alpha value is -2.08. The first-order valence-electron chi connectivity index (χ1n) is 7.86. The molecular weight excluding hydrogens is 280 g/mol. The first-order chi connectivity index (χ1) is 10.8. The second-order valence-electron chi connectivity index (χ2n) is 5.99. The molecule has 2 fully saturated rings. The van der Waals surface area contributed by atoms with E-state index in [1.165, 1.54) is 12.8 Å². The maximum Gasteiger partial charge on any atom is 0.168 e. The third-order valence-electron chi connectivity index (χ3n) is 4.23. The fourth-order valence-corrected chi connectivity index (χ4v) is 2.87. The summed E-state index contributed by atoms with van der Waals surface area (Å²) >= 11 is 0. The van der Waals surface area contributed by atoms with Crippen molar-refractivity contribution >= 4 is 5.82 Å². The lowest BCUT2D eigenvalue weighted by atomic mass is 9.96. The van der Waals surface area contributed by atoms with E-state index in [1.807, 2.05) is 12.3 Å². The summed E-state index contributed by atoms with van der Waals surface area (Å²) in [5.74, 6) is 2.41. The van der Waals surface area contributed by atoms with Gasteiger partial charge in [-0.2, -0.15) is 5.10 Å². The molecule has 0 radical (unpaired) electrons. The Balaban J connectivity index is 1.63. The summed E-state index contributed by atoms with van der Waals surface area (Å²) in [6.45, 7) is 1.59. The minimum Gasteiger partial charge on any atom is -0.454 e. The fourth-order valence-electron chi connectivity index (χ4n) is 2.87. The monoisotopic (exact) mass is 300 g/mol. The smallest absolute Gasteiger partial charge is 0.168 e. The van der Waals surface area contributed by atoms with E-state index in [-0.39, 0.29) is 0 Å². The number of pyridine rings is 1. The standard InChI is InChI=1S/C16H20N4O2/c17-15-9-13(3-6-18-15)22-14-10-20(12-1-2-12)19-16(14)11-4-7-21-8-5-11/h3,6,9-12H,1-2,4-5,7-8H2,(H2,17,18). The molecule has 2 aliphatic rings. The molecule has 0 atom stereocenters. The topological polar surface area (TPSA) is 75.2 Å². The number of ether oxygens (including phenoxy) is 2.